The van der Waals surface area contributed by atoms with E-state index in [9.17, 15) is 13.6 Å². The quantitative estimate of drug-likeness (QED) is 0.770. The van der Waals surface area contributed by atoms with Crippen LogP contribution in [0.5, 0.6) is 5.88 Å². The largest absolute Gasteiger partial charge is 0.461 e. The van der Waals surface area contributed by atoms with Gasteiger partial charge < -0.3 is 9.47 Å². The first-order chi connectivity index (χ1) is 7.47. The molecule has 16 heavy (non-hydrogen) atoms. The highest BCUT2D eigenvalue weighted by Crippen LogP contribution is 2.29. The summed E-state index contributed by atoms with van der Waals surface area (Å²) in [5.74, 6) is -1.16. The first-order valence-electron chi connectivity index (χ1n) is 4.31. The zero-order valence-electron chi connectivity index (χ0n) is 8.54. The van der Waals surface area contributed by atoms with Crippen LogP contribution in [0.1, 0.15) is 17.4 Å². The number of hydrogen-bond donors (Lipinski definition) is 0. The average Bonchev–Trinajstić information content (AvgIpc) is 2.45. The standard InChI is InChI=1S/C8H9ClF2N2O3/c1-3-15-7(14)5-4(9)6(13(2)12-5)16-8(10)11/h8H,3H2,1-2H3. The van der Waals surface area contributed by atoms with Crippen molar-refractivity contribution >= 4 is 17.6 Å². The molecule has 0 aromatic carbocycles. The van der Waals surface area contributed by atoms with Crippen LogP contribution in [0.25, 0.3) is 0 Å². The van der Waals surface area contributed by atoms with Crippen LogP contribution < -0.4 is 4.74 Å². The van der Waals surface area contributed by atoms with Crippen molar-refractivity contribution < 1.29 is 23.0 Å². The summed E-state index contributed by atoms with van der Waals surface area (Å²) in [6.07, 6.45) is 0. The fourth-order valence-electron chi connectivity index (χ4n) is 1.02. The zero-order valence-corrected chi connectivity index (χ0v) is 9.29. The maximum absolute atomic E-state index is 12.0. The monoisotopic (exact) mass is 254 g/mol. The van der Waals surface area contributed by atoms with Gasteiger partial charge in [-0.2, -0.15) is 13.9 Å². The lowest BCUT2D eigenvalue weighted by molar-refractivity contribution is -0.0552. The summed E-state index contributed by atoms with van der Waals surface area (Å²) in [5.41, 5.74) is -0.248. The summed E-state index contributed by atoms with van der Waals surface area (Å²) >= 11 is 5.66. The van der Waals surface area contributed by atoms with Crippen molar-refractivity contribution in [3.05, 3.63) is 10.7 Å². The van der Waals surface area contributed by atoms with E-state index in [1.807, 2.05) is 0 Å². The molecule has 0 fully saturated rings. The van der Waals surface area contributed by atoms with Gasteiger partial charge in [-0.25, -0.2) is 9.48 Å². The molecule has 0 unspecified atom stereocenters. The number of halogens is 3. The third-order valence-electron chi connectivity index (χ3n) is 1.61. The molecule has 0 aliphatic heterocycles. The maximum Gasteiger partial charge on any atom is 0.388 e. The number of hydrogen-bond acceptors (Lipinski definition) is 4. The smallest absolute Gasteiger partial charge is 0.388 e. The van der Waals surface area contributed by atoms with Gasteiger partial charge in [0.2, 0.25) is 5.88 Å². The predicted molar refractivity (Wildman–Crippen MR) is 50.8 cm³/mol. The Morgan fingerprint density at radius 2 is 2.25 bits per heavy atom. The summed E-state index contributed by atoms with van der Waals surface area (Å²) in [4.78, 5) is 11.3. The van der Waals surface area contributed by atoms with Crippen LogP contribution >= 0.6 is 11.6 Å². The molecule has 5 nitrogen and oxygen atoms in total. The lowest BCUT2D eigenvalue weighted by Crippen LogP contribution is -2.06. The zero-order chi connectivity index (χ0) is 12.3. The van der Waals surface area contributed by atoms with Crippen molar-refractivity contribution in [2.24, 2.45) is 7.05 Å². The predicted octanol–water partition coefficient (Wildman–Crippen LogP) is 1.85. The van der Waals surface area contributed by atoms with Gasteiger partial charge in [0.1, 0.15) is 5.02 Å². The molecule has 0 amide bonds. The minimum atomic E-state index is -3.04. The van der Waals surface area contributed by atoms with Gasteiger partial charge >= 0.3 is 12.6 Å². The Bertz CT molecular complexity index is 395. The van der Waals surface area contributed by atoms with E-state index < -0.39 is 12.6 Å². The van der Waals surface area contributed by atoms with Crippen molar-refractivity contribution in [1.82, 2.24) is 9.78 Å². The Hall–Kier alpha value is -1.37. The van der Waals surface area contributed by atoms with Crippen molar-refractivity contribution in [3.63, 3.8) is 0 Å². The molecule has 0 atom stereocenters. The Labute approximate surface area is 94.9 Å². The van der Waals surface area contributed by atoms with Crippen molar-refractivity contribution in [2.75, 3.05) is 6.61 Å². The second-order valence-corrected chi connectivity index (χ2v) is 3.07. The maximum atomic E-state index is 12.0. The summed E-state index contributed by atoms with van der Waals surface area (Å²) in [6, 6.07) is 0. The van der Waals surface area contributed by atoms with Crippen LogP contribution in [0.4, 0.5) is 8.78 Å². The number of esters is 1. The number of aromatic nitrogens is 2. The van der Waals surface area contributed by atoms with Gasteiger partial charge in [-0.05, 0) is 6.92 Å². The lowest BCUT2D eigenvalue weighted by atomic mass is 10.4. The highest BCUT2D eigenvalue weighted by molar-refractivity contribution is 6.34. The van der Waals surface area contributed by atoms with Gasteiger partial charge in [-0.1, -0.05) is 11.6 Å². The summed E-state index contributed by atoms with van der Waals surface area (Å²) in [6.45, 7) is -1.30. The summed E-state index contributed by atoms with van der Waals surface area (Å²) in [5, 5.41) is 3.34. The number of carbonyl (C=O) groups is 1. The number of nitrogens with zero attached hydrogens (tertiary/aromatic N) is 2. The molecule has 0 bridgehead atoms. The molecule has 1 heterocycles. The van der Waals surface area contributed by atoms with Crippen molar-refractivity contribution in [2.45, 2.75) is 13.5 Å². The number of aryl methyl sites for hydroxylation is 1. The van der Waals surface area contributed by atoms with E-state index in [0.29, 0.717) is 0 Å². The number of rotatable bonds is 4. The first kappa shape index (κ1) is 12.7. The second kappa shape index (κ2) is 5.11. The molecule has 0 saturated carbocycles. The highest BCUT2D eigenvalue weighted by atomic mass is 35.5. The summed E-state index contributed by atoms with van der Waals surface area (Å²) < 4.78 is 33.7. The third kappa shape index (κ3) is 2.60. The molecule has 0 spiro atoms. The fourth-order valence-corrected chi connectivity index (χ4v) is 1.31. The van der Waals surface area contributed by atoms with E-state index >= 15 is 0 Å². The molecular formula is C8H9ClF2N2O3. The van der Waals surface area contributed by atoms with Gasteiger partial charge in [-0.15, -0.1) is 0 Å². The Morgan fingerprint density at radius 1 is 1.62 bits per heavy atom. The molecule has 0 N–H and O–H groups in total. The normalized spacial score (nSPS) is 10.6. The van der Waals surface area contributed by atoms with Crippen LogP contribution in [0.3, 0.4) is 0 Å². The molecule has 0 aliphatic carbocycles. The van der Waals surface area contributed by atoms with E-state index in [-0.39, 0.29) is 23.2 Å². The van der Waals surface area contributed by atoms with E-state index in [4.69, 9.17) is 11.6 Å². The van der Waals surface area contributed by atoms with E-state index in [1.54, 1.807) is 6.92 Å². The van der Waals surface area contributed by atoms with Crippen molar-refractivity contribution in [3.8, 4) is 5.88 Å². The molecule has 8 heteroatoms. The van der Waals surface area contributed by atoms with Crippen LogP contribution in [0.15, 0.2) is 0 Å². The van der Waals surface area contributed by atoms with Crippen molar-refractivity contribution in [1.29, 1.82) is 0 Å². The molecule has 0 radical (unpaired) electrons. The molecule has 90 valence electrons. The highest BCUT2D eigenvalue weighted by Gasteiger charge is 2.24. The molecular weight excluding hydrogens is 246 g/mol. The Kier molecular flexibility index (Phi) is 4.05. The fraction of sp³-hybridized carbons (Fsp3) is 0.500. The number of carbonyl (C=O) groups excluding carboxylic acids is 1. The van der Waals surface area contributed by atoms with Crippen LogP contribution in [-0.2, 0) is 11.8 Å². The van der Waals surface area contributed by atoms with Gasteiger partial charge in [0.15, 0.2) is 5.69 Å². The molecule has 0 aliphatic rings. The topological polar surface area (TPSA) is 53.3 Å². The Morgan fingerprint density at radius 3 is 2.75 bits per heavy atom. The van der Waals surface area contributed by atoms with Gasteiger partial charge in [-0.3, -0.25) is 0 Å². The van der Waals surface area contributed by atoms with Gasteiger partial charge in [0.25, 0.3) is 0 Å². The van der Waals surface area contributed by atoms with E-state index in [1.165, 1.54) is 7.05 Å². The Balaban J connectivity index is 3.01. The molecule has 1 aromatic rings. The lowest BCUT2D eigenvalue weighted by Gasteiger charge is -2.03. The SMILES string of the molecule is CCOC(=O)c1nn(C)c(OC(F)F)c1Cl. The van der Waals surface area contributed by atoms with Gasteiger partial charge in [0, 0.05) is 7.05 Å². The van der Waals surface area contributed by atoms with Crippen LogP contribution in [0.2, 0.25) is 5.02 Å². The van der Waals surface area contributed by atoms with Crippen LogP contribution in [0, 0.1) is 0 Å². The molecule has 1 aromatic heterocycles. The molecule has 0 saturated heterocycles. The van der Waals surface area contributed by atoms with Crippen LogP contribution in [-0.4, -0.2) is 29.0 Å². The second-order valence-electron chi connectivity index (χ2n) is 2.69. The minimum Gasteiger partial charge on any atom is -0.461 e. The number of alkyl halides is 2. The van der Waals surface area contributed by atoms with E-state index in [2.05, 4.69) is 14.6 Å². The molecule has 1 rings (SSSR count). The minimum absolute atomic E-state index is 0.136. The average molecular weight is 255 g/mol. The third-order valence-corrected chi connectivity index (χ3v) is 1.95. The first-order valence-corrected chi connectivity index (χ1v) is 4.69. The number of ether oxygens (including phenoxy) is 2. The summed E-state index contributed by atoms with van der Waals surface area (Å²) in [7, 11) is 1.33. The van der Waals surface area contributed by atoms with Gasteiger partial charge in [0.05, 0.1) is 6.61 Å². The van der Waals surface area contributed by atoms with E-state index in [0.717, 1.165) is 4.68 Å².